The summed E-state index contributed by atoms with van der Waals surface area (Å²) >= 11 is 0. The van der Waals surface area contributed by atoms with E-state index in [9.17, 15) is 33.9 Å². The largest absolute Gasteiger partial charge is 0.778 e. The first-order valence-corrected chi connectivity index (χ1v) is 11.1. The molecule has 6 atom stereocenters. The Morgan fingerprint density at radius 1 is 1.39 bits per heavy atom. The number of nitrogens with two attached hydrogens (primary N) is 1. The van der Waals surface area contributed by atoms with Crippen molar-refractivity contribution in [3.05, 3.63) is 16.7 Å². The highest BCUT2D eigenvalue weighted by atomic mass is 31.3. The summed E-state index contributed by atoms with van der Waals surface area (Å²) in [5.41, 5.74) is 4.94. The second kappa shape index (κ2) is 7.30. The zero-order chi connectivity index (χ0) is 20.9. The van der Waals surface area contributed by atoms with E-state index >= 15 is 0 Å². The van der Waals surface area contributed by atoms with E-state index in [1.54, 1.807) is 0 Å². The van der Waals surface area contributed by atoms with Crippen LogP contribution < -0.4 is 25.6 Å². The molecule has 0 bridgehead atoms. The first kappa shape index (κ1) is 21.0. The van der Waals surface area contributed by atoms with Crippen molar-refractivity contribution in [2.75, 3.05) is 19.0 Å². The molecule has 2 aromatic rings. The van der Waals surface area contributed by atoms with E-state index in [1.807, 2.05) is 0 Å². The van der Waals surface area contributed by atoms with Crippen LogP contribution in [0.2, 0.25) is 0 Å². The maximum Gasteiger partial charge on any atom is 0.313 e. The van der Waals surface area contributed by atoms with E-state index in [4.69, 9.17) is 10.5 Å². The molecule has 0 aliphatic carbocycles. The van der Waals surface area contributed by atoms with Gasteiger partial charge in [0.2, 0.25) is 11.7 Å². The Labute approximate surface area is 155 Å². The van der Waals surface area contributed by atoms with Crippen LogP contribution in [0, 0.1) is 0 Å². The van der Waals surface area contributed by atoms with Crippen molar-refractivity contribution < 1.29 is 47.3 Å². The SMILES string of the molecule is CP(=O)([O-])OP(=O)([O-])OC[C@H]1O[C@@H]([n+]2c[nH]c3c(=O)[nH]c(N)nc32)C(O)[C@H]1O. The zero-order valence-electron chi connectivity index (χ0n) is 14.1. The van der Waals surface area contributed by atoms with Gasteiger partial charge in [0.15, 0.2) is 6.33 Å². The number of aliphatic hydroxyl groups excluding tert-OH is 2. The van der Waals surface area contributed by atoms with Crippen molar-refractivity contribution in [3.63, 3.8) is 0 Å². The van der Waals surface area contributed by atoms with Crippen molar-refractivity contribution in [1.29, 1.82) is 0 Å². The van der Waals surface area contributed by atoms with Crippen molar-refractivity contribution in [2.45, 2.75) is 24.5 Å². The number of aromatic amines is 2. The van der Waals surface area contributed by atoms with Crippen LogP contribution in [-0.4, -0.2) is 56.7 Å². The smallest absolute Gasteiger partial charge is 0.313 e. The average molecular weight is 440 g/mol. The quantitative estimate of drug-likeness (QED) is 0.216. The van der Waals surface area contributed by atoms with Gasteiger partial charge in [-0.3, -0.25) is 23.6 Å². The second-order valence-corrected chi connectivity index (χ2v) is 9.32. The molecule has 0 spiro atoms. The van der Waals surface area contributed by atoms with E-state index in [0.29, 0.717) is 6.66 Å². The van der Waals surface area contributed by atoms with Crippen LogP contribution >= 0.6 is 15.4 Å². The molecule has 3 rings (SSSR count). The van der Waals surface area contributed by atoms with Crippen LogP contribution in [0.25, 0.3) is 11.2 Å². The molecule has 1 aliphatic heterocycles. The molecule has 17 heteroatoms. The number of phosphoric acid groups is 1. The summed E-state index contributed by atoms with van der Waals surface area (Å²) in [6, 6.07) is 0. The third-order valence-electron chi connectivity index (χ3n) is 3.77. The predicted octanol–water partition coefficient (Wildman–Crippen LogP) is -3.58. The number of anilines is 1. The molecular formula is C11H16N5O10P2-. The summed E-state index contributed by atoms with van der Waals surface area (Å²) in [6.45, 7) is -0.301. The molecule has 156 valence electrons. The molecule has 6 N–H and O–H groups in total. The number of rotatable bonds is 6. The van der Waals surface area contributed by atoms with Crippen LogP contribution in [-0.2, 0) is 22.7 Å². The Morgan fingerprint density at radius 2 is 2.07 bits per heavy atom. The van der Waals surface area contributed by atoms with Gasteiger partial charge in [0, 0.05) is 6.66 Å². The van der Waals surface area contributed by atoms with Crippen LogP contribution in [0.3, 0.4) is 0 Å². The van der Waals surface area contributed by atoms with Gasteiger partial charge in [0.25, 0.3) is 19.3 Å². The molecule has 28 heavy (non-hydrogen) atoms. The molecule has 3 unspecified atom stereocenters. The predicted molar refractivity (Wildman–Crippen MR) is 85.4 cm³/mol. The summed E-state index contributed by atoms with van der Waals surface area (Å²) < 4.78 is 37.2. The first-order chi connectivity index (χ1) is 12.9. The van der Waals surface area contributed by atoms with Crippen molar-refractivity contribution in [3.8, 4) is 0 Å². The summed E-state index contributed by atoms with van der Waals surface area (Å²) in [5, 5.41) is 20.3. The summed E-state index contributed by atoms with van der Waals surface area (Å²) in [4.78, 5) is 43.1. The molecule has 0 amide bonds. The molecule has 0 saturated carbocycles. The molecule has 15 nitrogen and oxygen atoms in total. The van der Waals surface area contributed by atoms with Gasteiger partial charge < -0.3 is 39.6 Å². The molecule has 1 saturated heterocycles. The lowest BCUT2D eigenvalue weighted by Gasteiger charge is -2.29. The number of aliphatic hydroxyl groups is 2. The number of nitrogens with zero attached hydrogens (tertiary/aromatic N) is 2. The van der Waals surface area contributed by atoms with Crippen molar-refractivity contribution in [2.24, 2.45) is 0 Å². The highest BCUT2D eigenvalue weighted by molar-refractivity contribution is 7.62. The van der Waals surface area contributed by atoms with E-state index in [2.05, 4.69) is 23.8 Å². The van der Waals surface area contributed by atoms with Crippen LogP contribution in [0.15, 0.2) is 11.1 Å². The van der Waals surface area contributed by atoms with E-state index in [0.717, 1.165) is 0 Å². The normalized spacial score (nSPS) is 29.6. The second-order valence-electron chi connectivity index (χ2n) is 5.97. The number of imidazole rings is 1. The van der Waals surface area contributed by atoms with Crippen LogP contribution in [0.1, 0.15) is 6.23 Å². The molecule has 0 aromatic carbocycles. The van der Waals surface area contributed by atoms with Gasteiger partial charge in [-0.25, -0.2) is 4.57 Å². The lowest BCUT2D eigenvalue weighted by atomic mass is 10.1. The number of aromatic nitrogens is 4. The van der Waals surface area contributed by atoms with E-state index < -0.39 is 52.1 Å². The summed E-state index contributed by atoms with van der Waals surface area (Å²) in [5.74, 6) is -0.204. The molecular weight excluding hydrogens is 424 g/mol. The molecule has 3 heterocycles. The maximum absolute atomic E-state index is 11.8. The fourth-order valence-electron chi connectivity index (χ4n) is 2.65. The highest BCUT2D eigenvalue weighted by Crippen LogP contribution is 2.53. The van der Waals surface area contributed by atoms with E-state index in [-0.39, 0.29) is 17.1 Å². The number of H-pyrrole nitrogens is 2. The molecule has 2 aromatic heterocycles. The van der Waals surface area contributed by atoms with Gasteiger partial charge in [0.1, 0.15) is 25.9 Å². The number of ether oxygens (including phenoxy) is 1. The first-order valence-electron chi connectivity index (χ1n) is 7.63. The number of hydrogen-bond donors (Lipinski definition) is 5. The number of phosphoric ester groups is 1. The minimum absolute atomic E-state index is 0.00942. The third kappa shape index (κ3) is 4.33. The molecule has 1 aliphatic rings. The highest BCUT2D eigenvalue weighted by Gasteiger charge is 2.47. The fraction of sp³-hybridized carbons (Fsp3) is 0.545. The Kier molecular flexibility index (Phi) is 5.49. The van der Waals surface area contributed by atoms with Crippen molar-refractivity contribution in [1.82, 2.24) is 15.0 Å². The number of nitrogens with one attached hydrogen (secondary N) is 2. The lowest BCUT2D eigenvalue weighted by Crippen LogP contribution is -2.46. The number of nitrogen functional groups attached to an aromatic ring is 1. The van der Waals surface area contributed by atoms with Crippen LogP contribution in [0.5, 0.6) is 0 Å². The summed E-state index contributed by atoms with van der Waals surface area (Å²) in [7, 11) is -9.86. The molecule has 0 radical (unpaired) electrons. The third-order valence-corrected chi connectivity index (χ3v) is 6.22. The summed E-state index contributed by atoms with van der Waals surface area (Å²) in [6.07, 6.45) is -4.59. The Hall–Kier alpha value is -1.67. The minimum Gasteiger partial charge on any atom is -0.778 e. The van der Waals surface area contributed by atoms with Gasteiger partial charge in [-0.05, 0) is 0 Å². The van der Waals surface area contributed by atoms with Gasteiger partial charge in [-0.2, -0.15) is 0 Å². The Balaban J connectivity index is 1.79. The Morgan fingerprint density at radius 3 is 2.71 bits per heavy atom. The van der Waals surface area contributed by atoms with Gasteiger partial charge >= 0.3 is 5.65 Å². The minimum atomic E-state index is -5.23. The molecule has 1 fully saturated rings. The van der Waals surface area contributed by atoms with Crippen LogP contribution in [0.4, 0.5) is 5.95 Å². The maximum atomic E-state index is 11.8. The van der Waals surface area contributed by atoms with Gasteiger partial charge in [-0.15, -0.1) is 0 Å². The number of fused-ring (bicyclic) bond motifs is 1. The monoisotopic (exact) mass is 440 g/mol. The lowest BCUT2D eigenvalue weighted by molar-refractivity contribution is -0.745. The van der Waals surface area contributed by atoms with Crippen molar-refractivity contribution >= 4 is 32.5 Å². The van der Waals surface area contributed by atoms with Gasteiger partial charge in [-0.1, -0.05) is 4.98 Å². The zero-order valence-corrected chi connectivity index (χ0v) is 15.9. The van der Waals surface area contributed by atoms with E-state index in [1.165, 1.54) is 10.9 Å². The standard InChI is InChI=1S/C11H17N5O10P2/c1-27(20,21)26-28(22,23)24-2-4-6(17)7(18)10(25-4)16-3-13-5-8(16)14-11(12)15-9(5)19/h3-4,6-7,10,17-18H,2H2,1H3,(H5,12,14,15,19,20,21,22,23)/p-1/t4-,6+,7?,10-/m1/s1. The fourth-order valence-corrected chi connectivity index (χ4v) is 4.62. The topological polar surface area (TPSA) is 240 Å². The Bertz CT molecular complexity index is 1030. The van der Waals surface area contributed by atoms with Gasteiger partial charge in [0.05, 0.1) is 6.61 Å². The number of hydrogen-bond acceptors (Lipinski definition) is 12. The average Bonchev–Trinajstić information content (AvgIpc) is 3.06.